The molecule has 1 aromatic heterocycles. The SMILES string of the molecule is COC(=O)c1nnn(Cc2ccccc2)c1C. The number of ether oxygens (including phenoxy) is 1. The molecule has 0 unspecified atom stereocenters. The zero-order chi connectivity index (χ0) is 12.3. The summed E-state index contributed by atoms with van der Waals surface area (Å²) in [4.78, 5) is 11.4. The van der Waals surface area contributed by atoms with Crippen LogP contribution >= 0.6 is 0 Å². The fourth-order valence-electron chi connectivity index (χ4n) is 1.55. The molecule has 0 amide bonds. The number of methoxy groups -OCH3 is 1. The molecule has 0 saturated carbocycles. The second kappa shape index (κ2) is 4.78. The fourth-order valence-corrected chi connectivity index (χ4v) is 1.55. The predicted octanol–water partition coefficient (Wildman–Crippen LogP) is 1.42. The summed E-state index contributed by atoms with van der Waals surface area (Å²) in [5.74, 6) is -0.457. The first kappa shape index (κ1) is 11.3. The van der Waals surface area contributed by atoms with E-state index in [-0.39, 0.29) is 5.69 Å². The van der Waals surface area contributed by atoms with Crippen LogP contribution in [0.2, 0.25) is 0 Å². The van der Waals surface area contributed by atoms with Gasteiger partial charge in [-0.05, 0) is 12.5 Å². The highest BCUT2D eigenvalue weighted by Crippen LogP contribution is 2.08. The highest BCUT2D eigenvalue weighted by molar-refractivity contribution is 5.88. The van der Waals surface area contributed by atoms with Gasteiger partial charge in [0.05, 0.1) is 19.3 Å². The minimum Gasteiger partial charge on any atom is -0.464 e. The van der Waals surface area contributed by atoms with Crippen molar-refractivity contribution >= 4 is 5.97 Å². The largest absolute Gasteiger partial charge is 0.464 e. The normalized spacial score (nSPS) is 10.2. The van der Waals surface area contributed by atoms with E-state index in [4.69, 9.17) is 0 Å². The van der Waals surface area contributed by atoms with Crippen molar-refractivity contribution in [2.24, 2.45) is 0 Å². The minimum atomic E-state index is -0.457. The maximum Gasteiger partial charge on any atom is 0.360 e. The van der Waals surface area contributed by atoms with E-state index in [1.165, 1.54) is 7.11 Å². The Hall–Kier alpha value is -2.17. The molecule has 5 nitrogen and oxygen atoms in total. The van der Waals surface area contributed by atoms with Crippen molar-refractivity contribution < 1.29 is 9.53 Å². The Morgan fingerprint density at radius 3 is 2.71 bits per heavy atom. The Kier molecular flexibility index (Phi) is 3.18. The molecule has 0 aliphatic rings. The number of carbonyl (C=O) groups is 1. The van der Waals surface area contributed by atoms with Gasteiger partial charge >= 0.3 is 5.97 Å². The van der Waals surface area contributed by atoms with E-state index in [1.807, 2.05) is 30.3 Å². The Labute approximate surface area is 99.0 Å². The maximum absolute atomic E-state index is 11.4. The molecular weight excluding hydrogens is 218 g/mol. The van der Waals surface area contributed by atoms with Crippen LogP contribution < -0.4 is 0 Å². The number of nitrogens with zero attached hydrogens (tertiary/aromatic N) is 3. The maximum atomic E-state index is 11.4. The van der Waals surface area contributed by atoms with Crippen LogP contribution in [-0.2, 0) is 11.3 Å². The molecule has 0 fully saturated rings. The fraction of sp³-hybridized carbons (Fsp3) is 0.250. The molecule has 5 heteroatoms. The highest BCUT2D eigenvalue weighted by Gasteiger charge is 2.16. The second-order valence-corrected chi connectivity index (χ2v) is 3.66. The van der Waals surface area contributed by atoms with E-state index in [2.05, 4.69) is 15.0 Å². The molecule has 17 heavy (non-hydrogen) atoms. The van der Waals surface area contributed by atoms with Crippen molar-refractivity contribution in [2.75, 3.05) is 7.11 Å². The molecule has 0 radical (unpaired) electrons. The lowest BCUT2D eigenvalue weighted by Gasteiger charge is -2.03. The molecule has 0 N–H and O–H groups in total. The highest BCUT2D eigenvalue weighted by atomic mass is 16.5. The van der Waals surface area contributed by atoms with Crippen LogP contribution in [0.25, 0.3) is 0 Å². The summed E-state index contributed by atoms with van der Waals surface area (Å²) in [6.07, 6.45) is 0. The van der Waals surface area contributed by atoms with Crippen LogP contribution in [0.5, 0.6) is 0 Å². The average molecular weight is 231 g/mol. The number of benzene rings is 1. The molecule has 1 aromatic carbocycles. The third-order valence-corrected chi connectivity index (χ3v) is 2.54. The van der Waals surface area contributed by atoms with E-state index < -0.39 is 5.97 Å². The van der Waals surface area contributed by atoms with Gasteiger partial charge in [0.1, 0.15) is 0 Å². The van der Waals surface area contributed by atoms with Crippen LogP contribution in [-0.4, -0.2) is 28.1 Å². The van der Waals surface area contributed by atoms with Gasteiger partial charge in [-0.15, -0.1) is 5.10 Å². The summed E-state index contributed by atoms with van der Waals surface area (Å²) in [6, 6.07) is 9.88. The Morgan fingerprint density at radius 2 is 2.06 bits per heavy atom. The minimum absolute atomic E-state index is 0.267. The van der Waals surface area contributed by atoms with Crippen molar-refractivity contribution in [1.82, 2.24) is 15.0 Å². The smallest absolute Gasteiger partial charge is 0.360 e. The molecular formula is C12H13N3O2. The van der Waals surface area contributed by atoms with Gasteiger partial charge in [0.2, 0.25) is 0 Å². The summed E-state index contributed by atoms with van der Waals surface area (Å²) in [5.41, 5.74) is 2.08. The van der Waals surface area contributed by atoms with Crippen LogP contribution in [0.4, 0.5) is 0 Å². The van der Waals surface area contributed by atoms with Gasteiger partial charge in [-0.2, -0.15) is 0 Å². The predicted molar refractivity (Wildman–Crippen MR) is 61.6 cm³/mol. The van der Waals surface area contributed by atoms with Gasteiger partial charge < -0.3 is 4.74 Å². The zero-order valence-electron chi connectivity index (χ0n) is 9.75. The molecule has 88 valence electrons. The van der Waals surface area contributed by atoms with Gasteiger partial charge in [-0.25, -0.2) is 9.48 Å². The van der Waals surface area contributed by atoms with Crippen molar-refractivity contribution in [1.29, 1.82) is 0 Å². The summed E-state index contributed by atoms with van der Waals surface area (Å²) < 4.78 is 6.31. The third kappa shape index (κ3) is 2.33. The lowest BCUT2D eigenvalue weighted by Crippen LogP contribution is -2.07. The van der Waals surface area contributed by atoms with Gasteiger partial charge in [0.25, 0.3) is 0 Å². The van der Waals surface area contributed by atoms with E-state index in [0.29, 0.717) is 12.2 Å². The molecule has 0 bridgehead atoms. The van der Waals surface area contributed by atoms with E-state index in [0.717, 1.165) is 5.56 Å². The van der Waals surface area contributed by atoms with E-state index >= 15 is 0 Å². The number of carbonyl (C=O) groups excluding carboxylic acids is 1. The monoisotopic (exact) mass is 231 g/mol. The third-order valence-electron chi connectivity index (χ3n) is 2.54. The Morgan fingerprint density at radius 1 is 1.35 bits per heavy atom. The Balaban J connectivity index is 2.24. The summed E-state index contributed by atoms with van der Waals surface area (Å²) >= 11 is 0. The molecule has 0 aliphatic carbocycles. The standard InChI is InChI=1S/C12H13N3O2/c1-9-11(12(16)17-2)13-14-15(9)8-10-6-4-3-5-7-10/h3-7H,8H2,1-2H3. The van der Waals surface area contributed by atoms with Crippen LogP contribution in [0.15, 0.2) is 30.3 Å². The lowest BCUT2D eigenvalue weighted by molar-refractivity contribution is 0.0593. The van der Waals surface area contributed by atoms with Crippen LogP contribution in [0, 0.1) is 6.92 Å². The summed E-state index contributed by atoms with van der Waals surface area (Å²) in [6.45, 7) is 2.39. The van der Waals surface area contributed by atoms with Crippen molar-refractivity contribution in [2.45, 2.75) is 13.5 Å². The van der Waals surface area contributed by atoms with Crippen molar-refractivity contribution in [3.8, 4) is 0 Å². The molecule has 0 spiro atoms. The van der Waals surface area contributed by atoms with Gasteiger partial charge in [-0.3, -0.25) is 0 Å². The number of aromatic nitrogens is 3. The first-order chi connectivity index (χ1) is 8.22. The van der Waals surface area contributed by atoms with Crippen molar-refractivity contribution in [3.63, 3.8) is 0 Å². The van der Waals surface area contributed by atoms with Crippen LogP contribution in [0.1, 0.15) is 21.7 Å². The quantitative estimate of drug-likeness (QED) is 0.750. The lowest BCUT2D eigenvalue weighted by atomic mass is 10.2. The molecule has 1 heterocycles. The van der Waals surface area contributed by atoms with Gasteiger partial charge in [0, 0.05) is 0 Å². The number of esters is 1. The summed E-state index contributed by atoms with van der Waals surface area (Å²) in [5, 5.41) is 7.77. The van der Waals surface area contributed by atoms with Crippen LogP contribution in [0.3, 0.4) is 0 Å². The second-order valence-electron chi connectivity index (χ2n) is 3.66. The molecule has 0 atom stereocenters. The van der Waals surface area contributed by atoms with E-state index in [9.17, 15) is 4.79 Å². The first-order valence-corrected chi connectivity index (χ1v) is 5.24. The summed E-state index contributed by atoms with van der Waals surface area (Å²) in [7, 11) is 1.33. The molecule has 2 rings (SSSR count). The number of rotatable bonds is 3. The number of hydrogen-bond donors (Lipinski definition) is 0. The molecule has 0 aliphatic heterocycles. The average Bonchev–Trinajstić information content (AvgIpc) is 2.72. The Bertz CT molecular complexity index is 520. The molecule has 0 saturated heterocycles. The van der Waals surface area contributed by atoms with Gasteiger partial charge in [0.15, 0.2) is 5.69 Å². The first-order valence-electron chi connectivity index (χ1n) is 5.24. The van der Waals surface area contributed by atoms with Crippen molar-refractivity contribution in [3.05, 3.63) is 47.3 Å². The zero-order valence-corrected chi connectivity index (χ0v) is 9.75. The molecule has 2 aromatic rings. The number of hydrogen-bond acceptors (Lipinski definition) is 4. The van der Waals surface area contributed by atoms with Gasteiger partial charge in [-0.1, -0.05) is 35.5 Å². The van der Waals surface area contributed by atoms with E-state index in [1.54, 1.807) is 11.6 Å². The topological polar surface area (TPSA) is 57.0 Å².